The second-order valence-corrected chi connectivity index (χ2v) is 6.59. The third-order valence-electron chi connectivity index (χ3n) is 4.62. The maximum absolute atomic E-state index is 4.62. The molecule has 0 bridgehead atoms. The molecule has 3 rings (SSSR count). The van der Waals surface area contributed by atoms with Gasteiger partial charge >= 0.3 is 0 Å². The number of guanidine groups is 1. The Kier molecular flexibility index (Phi) is 7.02. The Morgan fingerprint density at radius 3 is 2.77 bits per heavy atom. The van der Waals surface area contributed by atoms with Crippen LogP contribution in [-0.4, -0.2) is 42.0 Å². The van der Waals surface area contributed by atoms with E-state index in [-0.39, 0.29) is 0 Å². The fourth-order valence-electron chi connectivity index (χ4n) is 3.25. The number of nitrogens with zero attached hydrogens (tertiary/aromatic N) is 3. The molecular formula is C21H29N5. The van der Waals surface area contributed by atoms with E-state index < -0.39 is 0 Å². The van der Waals surface area contributed by atoms with Crippen molar-refractivity contribution in [1.82, 2.24) is 20.5 Å². The van der Waals surface area contributed by atoms with Crippen molar-refractivity contribution in [2.24, 2.45) is 4.99 Å². The Morgan fingerprint density at radius 1 is 1.12 bits per heavy atom. The van der Waals surface area contributed by atoms with Crippen LogP contribution in [-0.2, 0) is 19.5 Å². The quantitative estimate of drug-likeness (QED) is 0.457. The number of rotatable bonds is 7. The van der Waals surface area contributed by atoms with Crippen molar-refractivity contribution in [2.75, 3.05) is 26.2 Å². The van der Waals surface area contributed by atoms with E-state index in [0.29, 0.717) is 6.54 Å². The number of fused-ring (bicyclic) bond motifs is 1. The second kappa shape index (κ2) is 9.92. The number of hydrogen-bond acceptors (Lipinski definition) is 3. The fraction of sp³-hybridized carbons (Fsp3) is 0.429. The van der Waals surface area contributed by atoms with E-state index >= 15 is 0 Å². The normalized spacial score (nSPS) is 14.7. The number of benzene rings is 1. The minimum atomic E-state index is 0.596. The van der Waals surface area contributed by atoms with Crippen LogP contribution in [0.1, 0.15) is 30.2 Å². The topological polar surface area (TPSA) is 52.6 Å². The summed E-state index contributed by atoms with van der Waals surface area (Å²) in [5.74, 6) is 0.863. The average Bonchev–Trinajstić information content (AvgIpc) is 2.70. The van der Waals surface area contributed by atoms with E-state index in [9.17, 15) is 0 Å². The minimum absolute atomic E-state index is 0.596. The van der Waals surface area contributed by atoms with Gasteiger partial charge in [0.2, 0.25) is 0 Å². The van der Waals surface area contributed by atoms with E-state index in [1.54, 1.807) is 0 Å². The summed E-state index contributed by atoms with van der Waals surface area (Å²) in [5.41, 5.74) is 3.98. The van der Waals surface area contributed by atoms with E-state index in [2.05, 4.69) is 56.7 Å². The van der Waals surface area contributed by atoms with Crippen molar-refractivity contribution >= 4 is 5.96 Å². The molecule has 138 valence electrons. The molecule has 0 atom stereocenters. The first-order valence-electron chi connectivity index (χ1n) is 9.56. The standard InChI is InChI=1S/C21H29N5/c1-2-22-21(25-16-20-10-5-6-12-23-20)24-13-7-14-26-15-11-18-8-3-4-9-19(18)17-26/h3-6,8-10,12H,2,7,11,13-17H2,1H3,(H2,22,24,25). The van der Waals surface area contributed by atoms with Crippen molar-refractivity contribution in [2.45, 2.75) is 32.9 Å². The van der Waals surface area contributed by atoms with Gasteiger partial charge in [-0.2, -0.15) is 0 Å². The summed E-state index contributed by atoms with van der Waals surface area (Å²) >= 11 is 0. The molecular weight excluding hydrogens is 322 g/mol. The molecule has 2 aromatic rings. The van der Waals surface area contributed by atoms with Gasteiger partial charge in [0.1, 0.15) is 0 Å². The summed E-state index contributed by atoms with van der Waals surface area (Å²) in [6.45, 7) is 7.81. The number of nitrogens with one attached hydrogen (secondary N) is 2. The Bertz CT molecular complexity index is 699. The molecule has 0 amide bonds. The lowest BCUT2D eigenvalue weighted by molar-refractivity contribution is 0.251. The van der Waals surface area contributed by atoms with Gasteiger partial charge in [0.15, 0.2) is 5.96 Å². The molecule has 1 aromatic heterocycles. The highest BCUT2D eigenvalue weighted by Gasteiger charge is 2.14. The van der Waals surface area contributed by atoms with Crippen LogP contribution in [0.25, 0.3) is 0 Å². The van der Waals surface area contributed by atoms with Crippen LogP contribution in [0.15, 0.2) is 53.7 Å². The van der Waals surface area contributed by atoms with Crippen molar-refractivity contribution < 1.29 is 0 Å². The van der Waals surface area contributed by atoms with E-state index in [1.165, 1.54) is 11.1 Å². The maximum Gasteiger partial charge on any atom is 0.191 e. The molecule has 0 saturated carbocycles. The lowest BCUT2D eigenvalue weighted by Gasteiger charge is -2.28. The Balaban J connectivity index is 1.41. The predicted octanol–water partition coefficient (Wildman–Crippen LogP) is 2.59. The van der Waals surface area contributed by atoms with Gasteiger partial charge < -0.3 is 10.6 Å². The average molecular weight is 351 g/mol. The molecule has 0 saturated heterocycles. The van der Waals surface area contributed by atoms with Crippen LogP contribution in [0.4, 0.5) is 0 Å². The van der Waals surface area contributed by atoms with Crippen LogP contribution >= 0.6 is 0 Å². The van der Waals surface area contributed by atoms with Gasteiger partial charge in [-0.15, -0.1) is 0 Å². The molecule has 5 heteroatoms. The maximum atomic E-state index is 4.62. The van der Waals surface area contributed by atoms with Gasteiger partial charge in [-0.1, -0.05) is 30.3 Å². The van der Waals surface area contributed by atoms with Gasteiger partial charge in [-0.3, -0.25) is 9.88 Å². The predicted molar refractivity (Wildman–Crippen MR) is 107 cm³/mol. The van der Waals surface area contributed by atoms with Crippen molar-refractivity contribution in [1.29, 1.82) is 0 Å². The van der Waals surface area contributed by atoms with E-state index in [0.717, 1.165) is 57.2 Å². The molecule has 2 N–H and O–H groups in total. The van der Waals surface area contributed by atoms with Crippen molar-refractivity contribution in [3.63, 3.8) is 0 Å². The Morgan fingerprint density at radius 2 is 1.96 bits per heavy atom. The fourth-order valence-corrected chi connectivity index (χ4v) is 3.25. The second-order valence-electron chi connectivity index (χ2n) is 6.59. The smallest absolute Gasteiger partial charge is 0.191 e. The lowest BCUT2D eigenvalue weighted by atomic mass is 10.00. The molecule has 0 radical (unpaired) electrons. The zero-order valence-electron chi connectivity index (χ0n) is 15.6. The van der Waals surface area contributed by atoms with E-state index in [4.69, 9.17) is 0 Å². The Labute approximate surface area is 156 Å². The van der Waals surface area contributed by atoms with E-state index in [1.807, 2.05) is 24.4 Å². The highest BCUT2D eigenvalue weighted by atomic mass is 15.2. The minimum Gasteiger partial charge on any atom is -0.357 e. The summed E-state index contributed by atoms with van der Waals surface area (Å²) in [5, 5.41) is 6.74. The number of hydrogen-bond donors (Lipinski definition) is 2. The molecule has 2 heterocycles. The van der Waals surface area contributed by atoms with Crippen LogP contribution in [0.2, 0.25) is 0 Å². The van der Waals surface area contributed by atoms with Gasteiger partial charge in [-0.05, 0) is 43.0 Å². The van der Waals surface area contributed by atoms with Gasteiger partial charge in [0.25, 0.3) is 0 Å². The molecule has 0 spiro atoms. The first-order valence-corrected chi connectivity index (χ1v) is 9.56. The zero-order valence-corrected chi connectivity index (χ0v) is 15.6. The SMILES string of the molecule is CCNC(=NCc1ccccn1)NCCCN1CCc2ccccc2C1. The van der Waals surface area contributed by atoms with Gasteiger partial charge in [-0.25, -0.2) is 4.99 Å². The lowest BCUT2D eigenvalue weighted by Crippen LogP contribution is -2.39. The zero-order chi connectivity index (χ0) is 18.0. The first kappa shape index (κ1) is 18.4. The van der Waals surface area contributed by atoms with Crippen LogP contribution in [0, 0.1) is 0 Å². The summed E-state index contributed by atoms with van der Waals surface area (Å²) in [6.07, 6.45) is 4.08. The number of aliphatic imine (C=N–C) groups is 1. The van der Waals surface area contributed by atoms with Crippen molar-refractivity contribution in [3.05, 3.63) is 65.5 Å². The third-order valence-corrected chi connectivity index (χ3v) is 4.62. The molecule has 1 aliphatic rings. The molecule has 1 aromatic carbocycles. The summed E-state index contributed by atoms with van der Waals surface area (Å²) in [4.78, 5) is 11.5. The van der Waals surface area contributed by atoms with Crippen LogP contribution in [0.5, 0.6) is 0 Å². The molecule has 26 heavy (non-hydrogen) atoms. The third kappa shape index (κ3) is 5.56. The first-order chi connectivity index (χ1) is 12.8. The molecule has 5 nitrogen and oxygen atoms in total. The highest BCUT2D eigenvalue weighted by Crippen LogP contribution is 2.18. The van der Waals surface area contributed by atoms with Gasteiger partial charge in [0.05, 0.1) is 12.2 Å². The molecule has 1 aliphatic heterocycles. The number of pyridine rings is 1. The molecule has 0 fully saturated rings. The monoisotopic (exact) mass is 351 g/mol. The highest BCUT2D eigenvalue weighted by molar-refractivity contribution is 5.79. The molecule has 0 unspecified atom stereocenters. The summed E-state index contributed by atoms with van der Waals surface area (Å²) < 4.78 is 0. The van der Waals surface area contributed by atoms with Crippen LogP contribution in [0.3, 0.4) is 0 Å². The summed E-state index contributed by atoms with van der Waals surface area (Å²) in [7, 11) is 0. The Hall–Kier alpha value is -2.40. The number of aromatic nitrogens is 1. The largest absolute Gasteiger partial charge is 0.357 e. The summed E-state index contributed by atoms with van der Waals surface area (Å²) in [6, 6.07) is 14.7. The van der Waals surface area contributed by atoms with Crippen molar-refractivity contribution in [3.8, 4) is 0 Å². The van der Waals surface area contributed by atoms with Crippen LogP contribution < -0.4 is 10.6 Å². The molecule has 0 aliphatic carbocycles. The van der Waals surface area contributed by atoms with Gasteiger partial charge in [0, 0.05) is 38.9 Å².